The van der Waals surface area contributed by atoms with E-state index in [2.05, 4.69) is 10.6 Å². The average molecular weight is 380 g/mol. The molecule has 0 spiro atoms. The molecular weight excluding hydrogens is 360 g/mol. The first-order valence-corrected chi connectivity index (χ1v) is 8.67. The molecule has 7 heteroatoms. The van der Waals surface area contributed by atoms with Crippen molar-refractivity contribution in [1.82, 2.24) is 10.6 Å². The first-order chi connectivity index (χ1) is 13.4. The van der Waals surface area contributed by atoms with E-state index >= 15 is 0 Å². The highest BCUT2D eigenvalue weighted by Gasteiger charge is 2.24. The number of hydrogen-bond acceptors (Lipinski definition) is 6. The molecule has 0 saturated carbocycles. The van der Waals surface area contributed by atoms with Crippen molar-refractivity contribution >= 4 is 23.4 Å². The Balaban J connectivity index is 2.21. The summed E-state index contributed by atoms with van der Waals surface area (Å²) in [6, 6.07) is 9.55. The molecule has 7 nitrogen and oxygen atoms in total. The van der Waals surface area contributed by atoms with Crippen molar-refractivity contribution in [3.63, 3.8) is 0 Å². The number of benzene rings is 2. The van der Waals surface area contributed by atoms with Gasteiger partial charge in [0.15, 0.2) is 17.3 Å². The molecule has 1 aliphatic heterocycles. The molecule has 0 amide bonds. The standard InChI is InChI=1S/C21H20N2O5/c1-12-2-4-13(5-3-12)20(28)19(21-22-8-9-23-21)15-11-17(25)16(24)10-14(15)6-7-18(26)27/h2-7,10-11,22-25H,8-9H2,1H3,(H,26,27)/b7-6+. The number of phenolic OH excluding ortho intramolecular Hbond substituents is 2. The molecule has 0 atom stereocenters. The molecule has 5 N–H and O–H groups in total. The van der Waals surface area contributed by atoms with Gasteiger partial charge in [-0.1, -0.05) is 29.8 Å². The molecule has 0 aromatic heterocycles. The Bertz CT molecular complexity index is 983. The predicted molar refractivity (Wildman–Crippen MR) is 105 cm³/mol. The van der Waals surface area contributed by atoms with E-state index in [4.69, 9.17) is 5.11 Å². The minimum atomic E-state index is -1.17. The van der Waals surface area contributed by atoms with Crippen LogP contribution in [0.5, 0.6) is 11.5 Å². The largest absolute Gasteiger partial charge is 0.504 e. The van der Waals surface area contributed by atoms with Gasteiger partial charge in [-0.3, -0.25) is 4.79 Å². The first-order valence-electron chi connectivity index (χ1n) is 8.67. The molecule has 2 aromatic rings. The number of nitrogens with one attached hydrogen (secondary N) is 2. The van der Waals surface area contributed by atoms with Crippen LogP contribution in [0, 0.1) is 6.92 Å². The number of aromatic hydroxyl groups is 2. The van der Waals surface area contributed by atoms with Crippen LogP contribution in [0.25, 0.3) is 11.6 Å². The molecule has 1 saturated heterocycles. The number of Topliss-reactive ketones (excluding diaryl/α,β-unsaturated/α-hetero) is 1. The summed E-state index contributed by atoms with van der Waals surface area (Å²) in [6.07, 6.45) is 2.18. The Hall–Kier alpha value is -3.74. The lowest BCUT2D eigenvalue weighted by molar-refractivity contribution is -0.131. The zero-order chi connectivity index (χ0) is 20.3. The van der Waals surface area contributed by atoms with Gasteiger partial charge in [0.1, 0.15) is 5.82 Å². The summed E-state index contributed by atoms with van der Waals surface area (Å²) in [6.45, 7) is 3.15. The highest BCUT2D eigenvalue weighted by atomic mass is 16.4. The molecule has 1 aliphatic rings. The van der Waals surface area contributed by atoms with Gasteiger partial charge in [-0.2, -0.15) is 0 Å². The number of phenols is 2. The van der Waals surface area contributed by atoms with Crippen LogP contribution in [0.1, 0.15) is 27.0 Å². The molecule has 3 rings (SSSR count). The third-order valence-electron chi connectivity index (χ3n) is 4.34. The summed E-state index contributed by atoms with van der Waals surface area (Å²) >= 11 is 0. The van der Waals surface area contributed by atoms with E-state index in [9.17, 15) is 19.8 Å². The third kappa shape index (κ3) is 3.98. The Labute approximate surface area is 161 Å². The topological polar surface area (TPSA) is 119 Å². The second-order valence-electron chi connectivity index (χ2n) is 6.40. The molecule has 0 aliphatic carbocycles. The highest BCUT2D eigenvalue weighted by Crippen LogP contribution is 2.35. The van der Waals surface area contributed by atoms with E-state index in [1.807, 2.05) is 19.1 Å². The lowest BCUT2D eigenvalue weighted by Gasteiger charge is -2.15. The molecule has 0 unspecified atom stereocenters. The van der Waals surface area contributed by atoms with Crippen molar-refractivity contribution < 1.29 is 24.9 Å². The summed E-state index contributed by atoms with van der Waals surface area (Å²) < 4.78 is 0. The molecule has 1 fully saturated rings. The van der Waals surface area contributed by atoms with Crippen molar-refractivity contribution in [2.24, 2.45) is 0 Å². The van der Waals surface area contributed by atoms with Crippen LogP contribution in [0.4, 0.5) is 0 Å². The van der Waals surface area contributed by atoms with Crippen molar-refractivity contribution in [3.05, 3.63) is 70.5 Å². The minimum Gasteiger partial charge on any atom is -0.504 e. The number of aliphatic carboxylic acids is 1. The van der Waals surface area contributed by atoms with E-state index < -0.39 is 17.5 Å². The van der Waals surface area contributed by atoms with Crippen LogP contribution in [-0.4, -0.2) is 40.2 Å². The number of carboxylic acids is 1. The van der Waals surface area contributed by atoms with Gasteiger partial charge in [0.2, 0.25) is 0 Å². The zero-order valence-corrected chi connectivity index (χ0v) is 15.2. The fourth-order valence-electron chi connectivity index (χ4n) is 2.94. The van der Waals surface area contributed by atoms with E-state index in [1.165, 1.54) is 18.2 Å². The van der Waals surface area contributed by atoms with Gasteiger partial charge in [-0.05, 0) is 30.7 Å². The highest BCUT2D eigenvalue weighted by molar-refractivity contribution is 6.30. The van der Waals surface area contributed by atoms with Gasteiger partial charge < -0.3 is 26.0 Å². The Morgan fingerprint density at radius 1 is 1.00 bits per heavy atom. The molecule has 144 valence electrons. The number of ketones is 1. The zero-order valence-electron chi connectivity index (χ0n) is 15.2. The smallest absolute Gasteiger partial charge is 0.328 e. The van der Waals surface area contributed by atoms with E-state index in [-0.39, 0.29) is 16.9 Å². The quantitative estimate of drug-likeness (QED) is 0.307. The number of carboxylic acid groups (broad SMARTS) is 1. The summed E-state index contributed by atoms with van der Waals surface area (Å²) in [4.78, 5) is 24.3. The van der Waals surface area contributed by atoms with Crippen LogP contribution in [0.2, 0.25) is 0 Å². The van der Waals surface area contributed by atoms with E-state index in [0.29, 0.717) is 30.0 Å². The van der Waals surface area contributed by atoms with Crippen LogP contribution in [0.3, 0.4) is 0 Å². The summed E-state index contributed by atoms with van der Waals surface area (Å²) in [5.74, 6) is -1.80. The van der Waals surface area contributed by atoms with Crippen LogP contribution in [-0.2, 0) is 4.79 Å². The van der Waals surface area contributed by atoms with E-state index in [0.717, 1.165) is 11.6 Å². The van der Waals surface area contributed by atoms with Gasteiger partial charge in [0.05, 0.1) is 5.57 Å². The Morgan fingerprint density at radius 2 is 1.61 bits per heavy atom. The maximum atomic E-state index is 13.3. The summed E-state index contributed by atoms with van der Waals surface area (Å²) in [5, 5.41) is 35.0. The fraction of sp³-hybridized carbons (Fsp3) is 0.143. The minimum absolute atomic E-state index is 0.252. The maximum Gasteiger partial charge on any atom is 0.328 e. The van der Waals surface area contributed by atoms with Gasteiger partial charge in [0.25, 0.3) is 0 Å². The number of allylic oxidation sites excluding steroid dienone is 1. The van der Waals surface area contributed by atoms with Crippen molar-refractivity contribution in [1.29, 1.82) is 0 Å². The number of carbonyl (C=O) groups is 2. The third-order valence-corrected chi connectivity index (χ3v) is 4.34. The van der Waals surface area contributed by atoms with Gasteiger partial charge in [0, 0.05) is 30.3 Å². The summed E-state index contributed by atoms with van der Waals surface area (Å²) in [7, 11) is 0. The Kier molecular flexibility index (Phi) is 5.35. The Morgan fingerprint density at radius 3 is 2.21 bits per heavy atom. The van der Waals surface area contributed by atoms with Gasteiger partial charge in [-0.15, -0.1) is 0 Å². The van der Waals surface area contributed by atoms with Crippen molar-refractivity contribution in [3.8, 4) is 11.5 Å². The van der Waals surface area contributed by atoms with E-state index in [1.54, 1.807) is 12.1 Å². The van der Waals surface area contributed by atoms with Crippen LogP contribution in [0.15, 0.2) is 48.3 Å². The van der Waals surface area contributed by atoms with Crippen LogP contribution >= 0.6 is 0 Å². The maximum absolute atomic E-state index is 13.3. The second-order valence-corrected chi connectivity index (χ2v) is 6.40. The molecule has 0 radical (unpaired) electrons. The normalized spacial score (nSPS) is 13.2. The van der Waals surface area contributed by atoms with Crippen molar-refractivity contribution in [2.45, 2.75) is 6.92 Å². The second kappa shape index (κ2) is 7.87. The predicted octanol–water partition coefficient (Wildman–Crippen LogP) is 2.25. The van der Waals surface area contributed by atoms with Crippen LogP contribution < -0.4 is 10.6 Å². The number of rotatable bonds is 5. The number of aryl methyl sites for hydroxylation is 1. The average Bonchev–Trinajstić information content (AvgIpc) is 3.18. The van der Waals surface area contributed by atoms with Gasteiger partial charge in [-0.25, -0.2) is 4.79 Å². The molecule has 2 aromatic carbocycles. The number of hydrogen-bond donors (Lipinski definition) is 5. The SMILES string of the molecule is Cc1ccc(C(=O)C(=C2NCCN2)c2cc(O)c(O)cc2/C=C/C(=O)O)cc1. The first kappa shape index (κ1) is 19.0. The van der Waals surface area contributed by atoms with Gasteiger partial charge >= 0.3 is 5.97 Å². The fourth-order valence-corrected chi connectivity index (χ4v) is 2.94. The number of carbonyl (C=O) groups excluding carboxylic acids is 1. The van der Waals surface area contributed by atoms with Crippen molar-refractivity contribution in [2.75, 3.05) is 13.1 Å². The lowest BCUT2D eigenvalue weighted by atomic mass is 9.91. The molecule has 0 bridgehead atoms. The molecule has 28 heavy (non-hydrogen) atoms. The lowest BCUT2D eigenvalue weighted by Crippen LogP contribution is -2.18. The molecular formula is C21H20N2O5. The summed E-state index contributed by atoms with van der Waals surface area (Å²) in [5.41, 5.74) is 2.30. The molecule has 1 heterocycles. The monoisotopic (exact) mass is 380 g/mol.